The molecule has 2 amide bonds. The monoisotopic (exact) mass is 693 g/mol. The van der Waals surface area contributed by atoms with Crippen molar-refractivity contribution < 1.29 is 28.2 Å². The molecular weight excluding hydrogens is 653 g/mol. The van der Waals surface area contributed by atoms with Gasteiger partial charge in [0, 0.05) is 67.8 Å². The van der Waals surface area contributed by atoms with Crippen molar-refractivity contribution >= 4 is 11.8 Å². The van der Waals surface area contributed by atoms with Crippen LogP contribution in [0.2, 0.25) is 0 Å². The van der Waals surface area contributed by atoms with Gasteiger partial charge in [-0.3, -0.25) is 19.5 Å². The minimum atomic E-state index is -0.415. The summed E-state index contributed by atoms with van der Waals surface area (Å²) in [4.78, 5) is 39.9. The summed E-state index contributed by atoms with van der Waals surface area (Å²) in [5.74, 6) is 1.15. The molecule has 0 radical (unpaired) electrons. The molecule has 4 aliphatic rings. The van der Waals surface area contributed by atoms with Crippen LogP contribution in [0.3, 0.4) is 0 Å². The van der Waals surface area contributed by atoms with E-state index < -0.39 is 5.82 Å². The Bertz CT molecular complexity index is 2030. The number of amides is 2. The number of halogens is 1. The van der Waals surface area contributed by atoms with E-state index in [1.54, 1.807) is 38.6 Å². The van der Waals surface area contributed by atoms with Crippen molar-refractivity contribution in [3.63, 3.8) is 0 Å². The van der Waals surface area contributed by atoms with Crippen molar-refractivity contribution in [1.82, 2.24) is 35.8 Å². The summed E-state index contributed by atoms with van der Waals surface area (Å²) in [7, 11) is 3.12. The summed E-state index contributed by atoms with van der Waals surface area (Å²) in [5, 5.41) is 9.56. The van der Waals surface area contributed by atoms with Gasteiger partial charge < -0.3 is 30.2 Å². The van der Waals surface area contributed by atoms with E-state index in [0.29, 0.717) is 78.1 Å². The number of pyridine rings is 1. The molecule has 51 heavy (non-hydrogen) atoms. The van der Waals surface area contributed by atoms with Crippen LogP contribution in [-0.2, 0) is 16.1 Å². The third-order valence-corrected chi connectivity index (χ3v) is 10.5. The zero-order valence-electron chi connectivity index (χ0n) is 28.8. The highest BCUT2D eigenvalue weighted by Crippen LogP contribution is 2.43. The molecule has 0 unspecified atom stereocenters. The second kappa shape index (κ2) is 13.2. The first kappa shape index (κ1) is 33.0. The van der Waals surface area contributed by atoms with E-state index in [1.807, 2.05) is 31.2 Å². The number of methoxy groups -OCH3 is 2. The molecule has 264 valence electrons. The van der Waals surface area contributed by atoms with Crippen molar-refractivity contribution in [3.8, 4) is 51.2 Å². The largest absolute Gasteiger partial charge is 0.491 e. The number of hydrogen-bond acceptors (Lipinski definition) is 10. The van der Waals surface area contributed by atoms with Crippen LogP contribution >= 0.6 is 0 Å². The topological polar surface area (TPSA) is 140 Å². The Labute approximate surface area is 295 Å². The molecule has 8 rings (SSSR count). The average Bonchev–Trinajstić information content (AvgIpc) is 3.85. The summed E-state index contributed by atoms with van der Waals surface area (Å²) < 4.78 is 34.0. The number of ether oxygens (including phenoxy) is 3. The highest BCUT2D eigenvalue weighted by molar-refractivity contribution is 5.81. The van der Waals surface area contributed by atoms with E-state index in [1.165, 1.54) is 0 Å². The molecule has 2 aromatic carbocycles. The number of likely N-dealkylation sites (tertiary alicyclic amines) is 1. The first-order chi connectivity index (χ1) is 24.7. The Morgan fingerprint density at radius 2 is 1.73 bits per heavy atom. The van der Waals surface area contributed by atoms with Crippen LogP contribution in [0.4, 0.5) is 4.39 Å². The highest BCUT2D eigenvalue weighted by Gasteiger charge is 2.47. The number of carbonyl (C=O) groups is 2. The molecule has 0 saturated carbocycles. The van der Waals surface area contributed by atoms with Crippen molar-refractivity contribution in [3.05, 3.63) is 71.3 Å². The van der Waals surface area contributed by atoms with Crippen molar-refractivity contribution in [2.75, 3.05) is 40.5 Å². The predicted molar refractivity (Wildman–Crippen MR) is 187 cm³/mol. The molecule has 3 fully saturated rings. The molecule has 6 heterocycles. The smallest absolute Gasteiger partial charge is 0.237 e. The fraction of sp³-hybridized carbons (Fsp3) is 0.395. The van der Waals surface area contributed by atoms with E-state index in [4.69, 9.17) is 29.2 Å². The van der Waals surface area contributed by atoms with E-state index in [0.717, 1.165) is 48.3 Å². The molecule has 2 atom stereocenters. The molecule has 1 spiro atoms. The summed E-state index contributed by atoms with van der Waals surface area (Å²) in [6.45, 7) is 5.04. The van der Waals surface area contributed by atoms with Gasteiger partial charge in [-0.2, -0.15) is 0 Å². The fourth-order valence-electron chi connectivity index (χ4n) is 7.86. The second-order valence-corrected chi connectivity index (χ2v) is 13.8. The van der Waals surface area contributed by atoms with Crippen molar-refractivity contribution in [1.29, 1.82) is 0 Å². The number of benzene rings is 2. The van der Waals surface area contributed by atoms with Gasteiger partial charge in [-0.05, 0) is 37.0 Å². The standard InChI is InChI=1S/C38H40FN7O5/c1-21-23(6-4-7-24(21)28-16-41-29(36(44-28)49-2)17-46-19-38(20-46)13-12-33(48)45-38)25-8-5-9-26(35(25)39)27-14-31-34(37(43-27)50-3)30(18-51-31)40-15-22-10-11-32(47)42-22/h4-9,14,16,22,30,40H,10-13,15,17-20H2,1-3H3,(H,42,47)(H,45,48)/t22-,30-/m0/s1. The van der Waals surface area contributed by atoms with Crippen LogP contribution in [0.15, 0.2) is 48.7 Å². The summed E-state index contributed by atoms with van der Waals surface area (Å²) >= 11 is 0. The molecule has 12 nitrogen and oxygen atoms in total. The number of aromatic nitrogens is 3. The van der Waals surface area contributed by atoms with E-state index in [-0.39, 0.29) is 29.4 Å². The second-order valence-electron chi connectivity index (χ2n) is 13.8. The lowest BCUT2D eigenvalue weighted by Crippen LogP contribution is -2.66. The lowest BCUT2D eigenvalue weighted by atomic mass is 9.88. The van der Waals surface area contributed by atoms with E-state index >= 15 is 4.39 Å². The first-order valence-corrected chi connectivity index (χ1v) is 17.3. The van der Waals surface area contributed by atoms with Crippen molar-refractivity contribution in [2.24, 2.45) is 0 Å². The van der Waals surface area contributed by atoms with E-state index in [9.17, 15) is 9.59 Å². The summed E-state index contributed by atoms with van der Waals surface area (Å²) in [6.07, 6.45) is 4.49. The predicted octanol–water partition coefficient (Wildman–Crippen LogP) is 4.10. The average molecular weight is 694 g/mol. The van der Waals surface area contributed by atoms with Crippen LogP contribution in [0.1, 0.15) is 48.5 Å². The highest BCUT2D eigenvalue weighted by atomic mass is 19.1. The maximum atomic E-state index is 16.6. The van der Waals surface area contributed by atoms with Crippen LogP contribution in [-0.4, -0.2) is 83.7 Å². The molecule has 4 aromatic rings. The Hall–Kier alpha value is -5.14. The summed E-state index contributed by atoms with van der Waals surface area (Å²) in [5.41, 5.74) is 5.53. The Morgan fingerprint density at radius 1 is 0.980 bits per heavy atom. The quantitative estimate of drug-likeness (QED) is 0.223. The van der Waals surface area contributed by atoms with Gasteiger partial charge in [0.15, 0.2) is 0 Å². The number of fused-ring (bicyclic) bond motifs is 1. The summed E-state index contributed by atoms with van der Waals surface area (Å²) in [6, 6.07) is 12.7. The number of rotatable bonds is 10. The minimum absolute atomic E-state index is 0.0668. The minimum Gasteiger partial charge on any atom is -0.491 e. The molecule has 0 bridgehead atoms. The Balaban J connectivity index is 1.04. The normalized spacial score (nSPS) is 20.5. The lowest BCUT2D eigenvalue weighted by Gasteiger charge is -2.47. The molecule has 2 aromatic heterocycles. The van der Waals surface area contributed by atoms with Crippen LogP contribution in [0, 0.1) is 12.7 Å². The van der Waals surface area contributed by atoms with Gasteiger partial charge in [-0.15, -0.1) is 0 Å². The maximum Gasteiger partial charge on any atom is 0.237 e. The van der Waals surface area contributed by atoms with Gasteiger partial charge in [-0.1, -0.05) is 30.3 Å². The molecule has 4 aliphatic heterocycles. The molecule has 13 heteroatoms. The van der Waals surface area contributed by atoms with Gasteiger partial charge in [0.25, 0.3) is 0 Å². The van der Waals surface area contributed by atoms with Gasteiger partial charge in [-0.25, -0.2) is 14.4 Å². The number of carbonyl (C=O) groups excluding carboxylic acids is 2. The third-order valence-electron chi connectivity index (χ3n) is 10.5. The number of nitrogens with one attached hydrogen (secondary N) is 3. The number of hydrogen-bond donors (Lipinski definition) is 3. The van der Waals surface area contributed by atoms with Gasteiger partial charge >= 0.3 is 0 Å². The maximum absolute atomic E-state index is 16.6. The van der Waals surface area contributed by atoms with E-state index in [2.05, 4.69) is 20.9 Å². The van der Waals surface area contributed by atoms with Crippen LogP contribution < -0.4 is 30.2 Å². The van der Waals surface area contributed by atoms with Gasteiger partial charge in [0.2, 0.25) is 23.6 Å². The SMILES string of the molecule is COc1nc(-c2cccc(-c3cccc(-c4cc5c(c(OC)n4)[C@@H](NC[C@@H]4CCC(=O)N4)CO5)c3F)c2C)cnc1CN1CC2(CCC(=O)N2)C1. The lowest BCUT2D eigenvalue weighted by molar-refractivity contribution is -0.121. The Kier molecular flexibility index (Phi) is 8.55. The third kappa shape index (κ3) is 6.14. The molecule has 3 saturated heterocycles. The molecular formula is C38H40FN7O5. The van der Waals surface area contributed by atoms with Crippen LogP contribution in [0.25, 0.3) is 33.6 Å². The fourth-order valence-corrected chi connectivity index (χ4v) is 7.86. The van der Waals surface area contributed by atoms with Crippen molar-refractivity contribution in [2.45, 2.75) is 56.8 Å². The van der Waals surface area contributed by atoms with Crippen LogP contribution in [0.5, 0.6) is 17.5 Å². The molecule has 0 aliphatic carbocycles. The zero-order valence-corrected chi connectivity index (χ0v) is 28.8. The molecule has 3 N–H and O–H groups in total. The number of nitrogens with zero attached hydrogens (tertiary/aromatic N) is 4. The zero-order chi connectivity index (χ0) is 35.3. The Morgan fingerprint density at radius 3 is 2.45 bits per heavy atom. The van der Waals surface area contributed by atoms with Gasteiger partial charge in [0.1, 0.15) is 23.9 Å². The van der Waals surface area contributed by atoms with Gasteiger partial charge in [0.05, 0.1) is 48.9 Å². The first-order valence-electron chi connectivity index (χ1n) is 17.3.